The van der Waals surface area contributed by atoms with Crippen molar-refractivity contribution in [1.82, 2.24) is 15.3 Å². The first-order chi connectivity index (χ1) is 21.7. The van der Waals surface area contributed by atoms with Gasteiger partial charge < -0.3 is 24.8 Å². The van der Waals surface area contributed by atoms with Gasteiger partial charge in [-0.05, 0) is 76.9 Å². The molecule has 0 fully saturated rings. The van der Waals surface area contributed by atoms with Gasteiger partial charge in [-0.15, -0.1) is 0 Å². The van der Waals surface area contributed by atoms with Gasteiger partial charge in [0.05, 0.1) is 29.1 Å². The lowest BCUT2D eigenvalue weighted by molar-refractivity contribution is 0.0307. The largest absolute Gasteiger partial charge is 0.496 e. The lowest BCUT2D eigenvalue weighted by Gasteiger charge is -2.31. The lowest BCUT2D eigenvalue weighted by atomic mass is 9.86. The van der Waals surface area contributed by atoms with Crippen molar-refractivity contribution >= 4 is 48.2 Å². The van der Waals surface area contributed by atoms with Crippen LogP contribution in [0.5, 0.6) is 11.5 Å². The molecule has 1 aliphatic rings. The van der Waals surface area contributed by atoms with Crippen LogP contribution in [0.2, 0.25) is 0 Å². The molecule has 12 heteroatoms. The fourth-order valence-electron chi connectivity index (χ4n) is 5.32. The molecule has 1 aliphatic heterocycles. The third kappa shape index (κ3) is 8.11. The molecule has 45 heavy (non-hydrogen) atoms. The molecule has 3 aromatic carbocycles. The molecule has 2 heterocycles. The van der Waals surface area contributed by atoms with E-state index in [1.807, 2.05) is 49.4 Å². The summed E-state index contributed by atoms with van der Waals surface area (Å²) in [5.74, 6) is 1.86. The standard InChI is InChI=1S/C33H36BrFN4O5S/c1-3-15-45(40,41)16-13-36-12-11-33(10-5-14-44-33)27-19-26-29(20-31(27)42-2)37-22-38-32(26)39-25-8-9-30(28(34)18-25)43-21-23-6-4-7-24(35)17-23/h4-9,14,17-20,22,36H,3,10-13,15-16,21H2,1-2H3,(H,37,38,39). The number of ether oxygens (including phenoxy) is 3. The van der Waals surface area contributed by atoms with Crippen LogP contribution in [0.3, 0.4) is 0 Å². The first-order valence-corrected chi connectivity index (χ1v) is 17.3. The van der Waals surface area contributed by atoms with Gasteiger partial charge in [0.2, 0.25) is 0 Å². The van der Waals surface area contributed by atoms with Crippen molar-refractivity contribution in [3.63, 3.8) is 0 Å². The Kier molecular flexibility index (Phi) is 10.6. The Hall–Kier alpha value is -3.74. The summed E-state index contributed by atoms with van der Waals surface area (Å²) in [6.07, 6.45) is 7.01. The van der Waals surface area contributed by atoms with Gasteiger partial charge in [0, 0.05) is 47.8 Å². The third-order valence-corrected chi connectivity index (χ3v) is 10.0. The van der Waals surface area contributed by atoms with Crippen LogP contribution in [-0.4, -0.2) is 50.1 Å². The van der Waals surface area contributed by atoms with Crippen molar-refractivity contribution in [1.29, 1.82) is 0 Å². The highest BCUT2D eigenvalue weighted by molar-refractivity contribution is 9.10. The zero-order chi connectivity index (χ0) is 31.9. The number of fused-ring (bicyclic) bond motifs is 1. The van der Waals surface area contributed by atoms with Crippen LogP contribution in [0.15, 0.2) is 77.7 Å². The zero-order valence-corrected chi connectivity index (χ0v) is 27.6. The number of hydrogen-bond donors (Lipinski definition) is 2. The van der Waals surface area contributed by atoms with E-state index in [0.717, 1.165) is 26.7 Å². The third-order valence-electron chi connectivity index (χ3n) is 7.57. The Labute approximate surface area is 271 Å². The van der Waals surface area contributed by atoms with E-state index in [9.17, 15) is 12.8 Å². The molecule has 0 amide bonds. The monoisotopic (exact) mass is 698 g/mol. The molecule has 0 radical (unpaired) electrons. The van der Waals surface area contributed by atoms with E-state index in [2.05, 4.69) is 36.5 Å². The van der Waals surface area contributed by atoms with Crippen LogP contribution in [0.4, 0.5) is 15.9 Å². The van der Waals surface area contributed by atoms with Crippen molar-refractivity contribution < 1.29 is 27.0 Å². The Bertz CT molecular complexity index is 1780. The highest BCUT2D eigenvalue weighted by Crippen LogP contribution is 2.44. The molecule has 0 aliphatic carbocycles. The van der Waals surface area contributed by atoms with Crippen molar-refractivity contribution in [3.05, 3.63) is 94.7 Å². The van der Waals surface area contributed by atoms with E-state index in [0.29, 0.717) is 55.2 Å². The summed E-state index contributed by atoms with van der Waals surface area (Å²) in [6, 6.07) is 15.8. The number of methoxy groups -OCH3 is 1. The molecule has 2 N–H and O–H groups in total. The Morgan fingerprint density at radius 3 is 2.67 bits per heavy atom. The summed E-state index contributed by atoms with van der Waals surface area (Å²) in [5, 5.41) is 7.45. The maximum atomic E-state index is 13.5. The molecule has 0 bridgehead atoms. The fraction of sp³-hybridized carbons (Fsp3) is 0.333. The van der Waals surface area contributed by atoms with Gasteiger partial charge in [0.1, 0.15) is 41.7 Å². The molecule has 9 nitrogen and oxygen atoms in total. The van der Waals surface area contributed by atoms with E-state index >= 15 is 0 Å². The van der Waals surface area contributed by atoms with Gasteiger partial charge in [-0.2, -0.15) is 0 Å². The van der Waals surface area contributed by atoms with Crippen LogP contribution in [0, 0.1) is 5.82 Å². The molecule has 0 saturated heterocycles. The number of hydrogen-bond acceptors (Lipinski definition) is 9. The van der Waals surface area contributed by atoms with Crippen LogP contribution < -0.4 is 20.1 Å². The molecular weight excluding hydrogens is 663 g/mol. The molecule has 1 unspecified atom stereocenters. The van der Waals surface area contributed by atoms with Crippen LogP contribution in [-0.2, 0) is 26.8 Å². The van der Waals surface area contributed by atoms with E-state index in [-0.39, 0.29) is 23.9 Å². The average Bonchev–Trinajstić information content (AvgIpc) is 3.50. The SMILES string of the molecule is CCCS(=O)(=O)CCNCCC1(c2cc3c(Nc4ccc(OCc5cccc(F)c5)c(Br)c4)ncnc3cc2OC)CC=CO1. The molecule has 238 valence electrons. The smallest absolute Gasteiger partial charge is 0.151 e. The summed E-state index contributed by atoms with van der Waals surface area (Å²) in [5.41, 5.74) is 2.35. The molecule has 0 spiro atoms. The summed E-state index contributed by atoms with van der Waals surface area (Å²) >= 11 is 3.58. The number of halogens is 2. The molecular formula is C33H36BrFN4O5S. The van der Waals surface area contributed by atoms with Gasteiger partial charge in [-0.25, -0.2) is 22.8 Å². The van der Waals surface area contributed by atoms with Gasteiger partial charge in [0.15, 0.2) is 9.84 Å². The number of anilines is 2. The quantitative estimate of drug-likeness (QED) is 0.130. The van der Waals surface area contributed by atoms with Crippen molar-refractivity contribution in [2.75, 3.05) is 37.0 Å². The van der Waals surface area contributed by atoms with Gasteiger partial charge in [-0.3, -0.25) is 0 Å². The minimum absolute atomic E-state index is 0.106. The molecule has 1 atom stereocenters. The Balaban J connectivity index is 1.35. The number of sulfone groups is 1. The van der Waals surface area contributed by atoms with E-state index < -0.39 is 15.4 Å². The summed E-state index contributed by atoms with van der Waals surface area (Å²) in [7, 11) is -1.44. The first-order valence-electron chi connectivity index (χ1n) is 14.7. The van der Waals surface area contributed by atoms with Crippen LogP contribution >= 0.6 is 15.9 Å². The molecule has 4 aromatic rings. The topological polar surface area (TPSA) is 112 Å². The lowest BCUT2D eigenvalue weighted by Crippen LogP contribution is -2.33. The summed E-state index contributed by atoms with van der Waals surface area (Å²) < 4.78 is 56.4. The average molecular weight is 700 g/mol. The minimum Gasteiger partial charge on any atom is -0.496 e. The predicted molar refractivity (Wildman–Crippen MR) is 177 cm³/mol. The van der Waals surface area contributed by atoms with Gasteiger partial charge in [0.25, 0.3) is 0 Å². The molecule has 1 aromatic heterocycles. The second-order valence-electron chi connectivity index (χ2n) is 10.8. The van der Waals surface area contributed by atoms with Crippen molar-refractivity contribution in [2.24, 2.45) is 0 Å². The maximum absolute atomic E-state index is 13.5. The Morgan fingerprint density at radius 1 is 1.07 bits per heavy atom. The summed E-state index contributed by atoms with van der Waals surface area (Å²) in [4.78, 5) is 9.02. The predicted octanol–water partition coefficient (Wildman–Crippen LogP) is 6.80. The first kappa shape index (κ1) is 32.6. The van der Waals surface area contributed by atoms with Gasteiger partial charge >= 0.3 is 0 Å². The van der Waals surface area contributed by atoms with Crippen molar-refractivity contribution in [3.8, 4) is 11.5 Å². The second-order valence-corrected chi connectivity index (χ2v) is 14.0. The number of nitrogens with zero attached hydrogens (tertiary/aromatic N) is 2. The van der Waals surface area contributed by atoms with E-state index in [1.54, 1.807) is 19.4 Å². The maximum Gasteiger partial charge on any atom is 0.151 e. The van der Waals surface area contributed by atoms with E-state index in [4.69, 9.17) is 14.2 Å². The molecule has 5 rings (SSSR count). The minimum atomic E-state index is -3.05. The van der Waals surface area contributed by atoms with Crippen molar-refractivity contribution in [2.45, 2.75) is 38.4 Å². The number of aromatic nitrogens is 2. The number of nitrogens with one attached hydrogen (secondary N) is 2. The van der Waals surface area contributed by atoms with E-state index in [1.165, 1.54) is 18.5 Å². The highest BCUT2D eigenvalue weighted by Gasteiger charge is 2.38. The normalized spacial score (nSPS) is 16.1. The molecule has 0 saturated carbocycles. The summed E-state index contributed by atoms with van der Waals surface area (Å²) in [6.45, 7) is 3.04. The van der Waals surface area contributed by atoms with Crippen LogP contribution in [0.25, 0.3) is 10.9 Å². The second kappa shape index (κ2) is 14.6. The van der Waals surface area contributed by atoms with Crippen LogP contribution in [0.1, 0.15) is 37.3 Å². The fourth-order valence-corrected chi connectivity index (χ4v) is 7.09. The highest BCUT2D eigenvalue weighted by atomic mass is 79.9. The van der Waals surface area contributed by atoms with Gasteiger partial charge in [-0.1, -0.05) is 19.1 Å². The zero-order valence-electron chi connectivity index (χ0n) is 25.2. The number of benzene rings is 3. The number of rotatable bonds is 15. The Morgan fingerprint density at radius 2 is 1.93 bits per heavy atom.